The number of hydrogen-bond donors (Lipinski definition) is 1. The Kier molecular flexibility index (Phi) is 5.38. The van der Waals surface area contributed by atoms with Gasteiger partial charge in [0.25, 0.3) is 0 Å². The van der Waals surface area contributed by atoms with E-state index in [4.69, 9.17) is 9.47 Å². The summed E-state index contributed by atoms with van der Waals surface area (Å²) in [6, 6.07) is 6.23. The highest BCUT2D eigenvalue weighted by Gasteiger charge is 2.21. The zero-order valence-corrected chi connectivity index (χ0v) is 9.87. The van der Waals surface area contributed by atoms with Crippen LogP contribution in [0.1, 0.15) is 18.5 Å². The molecule has 1 N–H and O–H groups in total. The molecule has 0 saturated carbocycles. The van der Waals surface area contributed by atoms with Gasteiger partial charge in [-0.3, -0.25) is 0 Å². The fourth-order valence-corrected chi connectivity index (χ4v) is 1.63. The van der Waals surface area contributed by atoms with Crippen LogP contribution in [-0.2, 0) is 9.47 Å². The number of rotatable bonds is 6. The summed E-state index contributed by atoms with van der Waals surface area (Å²) in [6.45, 7) is 2.78. The molecule has 0 aliphatic heterocycles. The Morgan fingerprint density at radius 2 is 1.75 bits per heavy atom. The van der Waals surface area contributed by atoms with Crippen LogP contribution in [0.4, 0.5) is 4.39 Å². The highest BCUT2D eigenvalue weighted by molar-refractivity contribution is 5.20. The number of benzene rings is 1. The van der Waals surface area contributed by atoms with Crippen molar-refractivity contribution in [3.8, 4) is 0 Å². The lowest BCUT2D eigenvalue weighted by Gasteiger charge is -2.25. The molecule has 16 heavy (non-hydrogen) atoms. The molecule has 0 fully saturated rings. The molecule has 1 rings (SSSR count). The summed E-state index contributed by atoms with van der Waals surface area (Å²) in [6.07, 6.45) is -0.384. The van der Waals surface area contributed by atoms with Gasteiger partial charge in [-0.15, -0.1) is 0 Å². The minimum Gasteiger partial charge on any atom is -0.354 e. The Bertz CT molecular complexity index is 298. The minimum atomic E-state index is -0.384. The molecule has 0 aliphatic carbocycles. The van der Waals surface area contributed by atoms with Gasteiger partial charge < -0.3 is 14.8 Å². The molecule has 0 saturated heterocycles. The van der Waals surface area contributed by atoms with Crippen molar-refractivity contribution < 1.29 is 13.9 Å². The van der Waals surface area contributed by atoms with E-state index in [0.29, 0.717) is 0 Å². The van der Waals surface area contributed by atoms with Gasteiger partial charge in [-0.25, -0.2) is 4.39 Å². The van der Waals surface area contributed by atoms with Crippen molar-refractivity contribution >= 4 is 0 Å². The molecule has 0 bridgehead atoms. The van der Waals surface area contributed by atoms with Crippen molar-refractivity contribution in [2.45, 2.75) is 19.3 Å². The van der Waals surface area contributed by atoms with Crippen molar-refractivity contribution in [3.05, 3.63) is 35.6 Å². The molecule has 1 unspecified atom stereocenters. The van der Waals surface area contributed by atoms with E-state index in [1.54, 1.807) is 26.4 Å². The van der Waals surface area contributed by atoms with Crippen LogP contribution < -0.4 is 5.32 Å². The van der Waals surface area contributed by atoms with Gasteiger partial charge in [-0.2, -0.15) is 0 Å². The van der Waals surface area contributed by atoms with E-state index in [1.807, 2.05) is 6.92 Å². The molecular weight excluding hydrogens is 209 g/mol. The maximum atomic E-state index is 12.8. The van der Waals surface area contributed by atoms with Crippen LogP contribution in [0.3, 0.4) is 0 Å². The number of nitrogens with one attached hydrogen (secondary N) is 1. The summed E-state index contributed by atoms with van der Waals surface area (Å²) in [5, 5.41) is 3.25. The average Bonchev–Trinajstić information content (AvgIpc) is 2.31. The second-order valence-corrected chi connectivity index (χ2v) is 3.43. The summed E-state index contributed by atoms with van der Waals surface area (Å²) >= 11 is 0. The van der Waals surface area contributed by atoms with Gasteiger partial charge in [0.1, 0.15) is 5.82 Å². The number of methoxy groups -OCH3 is 2. The van der Waals surface area contributed by atoms with Crippen LogP contribution in [0.25, 0.3) is 0 Å². The first-order valence-corrected chi connectivity index (χ1v) is 5.27. The minimum absolute atomic E-state index is 0.0967. The molecule has 0 aromatic heterocycles. The number of halogens is 1. The lowest BCUT2D eigenvalue weighted by molar-refractivity contribution is -0.123. The smallest absolute Gasteiger partial charge is 0.176 e. The monoisotopic (exact) mass is 227 g/mol. The molecule has 0 aliphatic rings. The van der Waals surface area contributed by atoms with E-state index in [2.05, 4.69) is 5.32 Å². The largest absolute Gasteiger partial charge is 0.354 e. The standard InChI is InChI=1S/C12H18FNO2/c1-4-14-11(12(15-2)16-3)9-5-7-10(13)8-6-9/h5-8,11-12,14H,4H2,1-3H3. The van der Waals surface area contributed by atoms with Gasteiger partial charge in [0, 0.05) is 14.2 Å². The van der Waals surface area contributed by atoms with Crippen LogP contribution in [-0.4, -0.2) is 27.1 Å². The summed E-state index contributed by atoms with van der Waals surface area (Å²) < 4.78 is 23.3. The van der Waals surface area contributed by atoms with Crippen molar-refractivity contribution in [1.82, 2.24) is 5.32 Å². The Labute approximate surface area is 95.6 Å². The fraction of sp³-hybridized carbons (Fsp3) is 0.500. The first-order chi connectivity index (χ1) is 7.72. The number of ether oxygens (including phenoxy) is 2. The maximum Gasteiger partial charge on any atom is 0.176 e. The lowest BCUT2D eigenvalue weighted by Crippen LogP contribution is -2.34. The lowest BCUT2D eigenvalue weighted by atomic mass is 10.1. The third kappa shape index (κ3) is 3.27. The van der Waals surface area contributed by atoms with Gasteiger partial charge >= 0.3 is 0 Å². The first kappa shape index (κ1) is 13.1. The molecule has 0 radical (unpaired) electrons. The summed E-state index contributed by atoms with van der Waals surface area (Å²) in [7, 11) is 3.17. The van der Waals surface area contributed by atoms with Crippen LogP contribution in [0.5, 0.6) is 0 Å². The molecule has 0 amide bonds. The Morgan fingerprint density at radius 3 is 2.19 bits per heavy atom. The molecule has 1 aromatic rings. The Balaban J connectivity index is 2.87. The van der Waals surface area contributed by atoms with Gasteiger partial charge in [-0.1, -0.05) is 19.1 Å². The van der Waals surface area contributed by atoms with E-state index >= 15 is 0 Å². The molecule has 90 valence electrons. The maximum absolute atomic E-state index is 12.8. The Morgan fingerprint density at radius 1 is 1.19 bits per heavy atom. The zero-order chi connectivity index (χ0) is 12.0. The van der Waals surface area contributed by atoms with Gasteiger partial charge in [0.15, 0.2) is 6.29 Å². The molecule has 4 heteroatoms. The predicted molar refractivity (Wildman–Crippen MR) is 60.6 cm³/mol. The third-order valence-electron chi connectivity index (χ3n) is 2.39. The molecule has 1 atom stereocenters. The van der Waals surface area contributed by atoms with Crippen molar-refractivity contribution in [1.29, 1.82) is 0 Å². The Hall–Kier alpha value is -0.970. The average molecular weight is 227 g/mol. The third-order valence-corrected chi connectivity index (χ3v) is 2.39. The van der Waals surface area contributed by atoms with E-state index in [0.717, 1.165) is 12.1 Å². The topological polar surface area (TPSA) is 30.5 Å². The molecule has 0 spiro atoms. The summed E-state index contributed by atoms with van der Waals surface area (Å²) in [5.41, 5.74) is 0.942. The van der Waals surface area contributed by atoms with Crippen LogP contribution in [0, 0.1) is 5.82 Å². The predicted octanol–water partition coefficient (Wildman–Crippen LogP) is 2.10. The van der Waals surface area contributed by atoms with E-state index in [9.17, 15) is 4.39 Å². The quantitative estimate of drug-likeness (QED) is 0.755. The van der Waals surface area contributed by atoms with E-state index in [-0.39, 0.29) is 18.1 Å². The van der Waals surface area contributed by atoms with E-state index < -0.39 is 0 Å². The first-order valence-electron chi connectivity index (χ1n) is 5.27. The number of likely N-dealkylation sites (N-methyl/N-ethyl adjacent to an activating group) is 1. The highest BCUT2D eigenvalue weighted by Crippen LogP contribution is 2.19. The van der Waals surface area contributed by atoms with Crippen molar-refractivity contribution in [2.24, 2.45) is 0 Å². The molecule has 1 aromatic carbocycles. The molecule has 3 nitrogen and oxygen atoms in total. The normalized spacial score (nSPS) is 13.1. The van der Waals surface area contributed by atoms with Crippen molar-refractivity contribution in [3.63, 3.8) is 0 Å². The van der Waals surface area contributed by atoms with Gasteiger partial charge in [-0.05, 0) is 24.2 Å². The van der Waals surface area contributed by atoms with Crippen LogP contribution in [0.15, 0.2) is 24.3 Å². The second kappa shape index (κ2) is 6.58. The summed E-state index contributed by atoms with van der Waals surface area (Å²) in [5.74, 6) is -0.245. The van der Waals surface area contributed by atoms with Gasteiger partial charge in [0.05, 0.1) is 6.04 Å². The number of hydrogen-bond acceptors (Lipinski definition) is 3. The van der Waals surface area contributed by atoms with Crippen LogP contribution >= 0.6 is 0 Å². The molecule has 0 heterocycles. The van der Waals surface area contributed by atoms with Crippen LogP contribution in [0.2, 0.25) is 0 Å². The highest BCUT2D eigenvalue weighted by atomic mass is 19.1. The fourth-order valence-electron chi connectivity index (χ4n) is 1.63. The van der Waals surface area contributed by atoms with Gasteiger partial charge in [0.2, 0.25) is 0 Å². The SMILES string of the molecule is CCNC(c1ccc(F)cc1)C(OC)OC. The van der Waals surface area contributed by atoms with E-state index in [1.165, 1.54) is 12.1 Å². The summed E-state index contributed by atoms with van der Waals surface area (Å²) in [4.78, 5) is 0. The second-order valence-electron chi connectivity index (χ2n) is 3.43. The zero-order valence-electron chi connectivity index (χ0n) is 9.87. The van der Waals surface area contributed by atoms with Crippen molar-refractivity contribution in [2.75, 3.05) is 20.8 Å². The molecular formula is C12H18FNO2.